The summed E-state index contributed by atoms with van der Waals surface area (Å²) in [5.41, 5.74) is 1.75. The molecule has 0 saturated carbocycles. The number of aryl methyl sites for hydroxylation is 1. The summed E-state index contributed by atoms with van der Waals surface area (Å²) in [6.07, 6.45) is 0. The van der Waals surface area contributed by atoms with E-state index in [0.717, 1.165) is 22.8 Å². The smallest absolute Gasteiger partial charge is 0.263 e. The fourth-order valence-corrected chi connectivity index (χ4v) is 2.61. The highest BCUT2D eigenvalue weighted by atomic mass is 35.5. The standard InChI is InChI=1S/C14H17N3OS.2ClH/c1-10-17-12(11-6-4-3-5-7-11)13(19-10)14(18)16-9-8-15-2;;/h3-7,15H,8-9H2,1-2H3,(H,16,18);2*1H. The van der Waals surface area contributed by atoms with Crippen LogP contribution in [0.4, 0.5) is 0 Å². The quantitative estimate of drug-likeness (QED) is 0.817. The van der Waals surface area contributed by atoms with Crippen LogP contribution in [0.15, 0.2) is 30.3 Å². The highest BCUT2D eigenvalue weighted by molar-refractivity contribution is 7.14. The van der Waals surface area contributed by atoms with Crippen LogP contribution in [0.1, 0.15) is 14.7 Å². The lowest BCUT2D eigenvalue weighted by atomic mass is 10.1. The molecule has 1 aromatic heterocycles. The predicted octanol–water partition coefficient (Wildman–Crippen LogP) is 2.91. The fourth-order valence-electron chi connectivity index (χ4n) is 1.75. The number of likely N-dealkylation sites (N-methyl/N-ethyl adjacent to an activating group) is 1. The Morgan fingerprint density at radius 3 is 2.48 bits per heavy atom. The Labute approximate surface area is 141 Å². The maximum Gasteiger partial charge on any atom is 0.263 e. The van der Waals surface area contributed by atoms with Gasteiger partial charge in [-0.3, -0.25) is 4.79 Å². The molecule has 0 aliphatic heterocycles. The Morgan fingerprint density at radius 1 is 1.19 bits per heavy atom. The van der Waals surface area contributed by atoms with Crippen molar-refractivity contribution in [2.45, 2.75) is 6.92 Å². The number of benzene rings is 1. The normalized spacial score (nSPS) is 9.43. The summed E-state index contributed by atoms with van der Waals surface area (Å²) < 4.78 is 0. The third-order valence-electron chi connectivity index (χ3n) is 2.65. The lowest BCUT2D eigenvalue weighted by Gasteiger charge is -2.04. The van der Waals surface area contributed by atoms with Gasteiger partial charge in [0.2, 0.25) is 0 Å². The van der Waals surface area contributed by atoms with Crippen molar-refractivity contribution in [3.63, 3.8) is 0 Å². The van der Waals surface area contributed by atoms with E-state index in [2.05, 4.69) is 15.6 Å². The van der Waals surface area contributed by atoms with E-state index in [1.807, 2.05) is 44.3 Å². The number of nitrogens with zero attached hydrogens (tertiary/aromatic N) is 1. The highest BCUT2D eigenvalue weighted by Gasteiger charge is 2.17. The Hall–Kier alpha value is -1.14. The molecule has 2 rings (SSSR count). The molecule has 0 spiro atoms. The van der Waals surface area contributed by atoms with Crippen LogP contribution in [0.3, 0.4) is 0 Å². The zero-order valence-corrected chi connectivity index (χ0v) is 14.3. The van der Waals surface area contributed by atoms with Crippen molar-refractivity contribution in [3.8, 4) is 11.3 Å². The molecule has 7 heteroatoms. The van der Waals surface area contributed by atoms with Crippen molar-refractivity contribution in [3.05, 3.63) is 40.2 Å². The first-order chi connectivity index (χ1) is 9.22. The molecule has 116 valence electrons. The molecule has 0 radical (unpaired) electrons. The monoisotopic (exact) mass is 347 g/mol. The van der Waals surface area contributed by atoms with Crippen LogP contribution in [0.2, 0.25) is 0 Å². The molecule has 0 aliphatic carbocycles. The number of carbonyl (C=O) groups excluding carboxylic acids is 1. The average Bonchev–Trinajstić information content (AvgIpc) is 2.82. The third-order valence-corrected chi connectivity index (χ3v) is 3.62. The number of aromatic nitrogens is 1. The molecule has 2 N–H and O–H groups in total. The molecule has 4 nitrogen and oxygen atoms in total. The van der Waals surface area contributed by atoms with E-state index in [0.29, 0.717) is 11.4 Å². The van der Waals surface area contributed by atoms with Crippen LogP contribution in [0, 0.1) is 6.92 Å². The van der Waals surface area contributed by atoms with E-state index >= 15 is 0 Å². The van der Waals surface area contributed by atoms with Crippen molar-refractivity contribution in [2.24, 2.45) is 0 Å². The second-order valence-electron chi connectivity index (χ2n) is 4.14. The number of carbonyl (C=O) groups is 1. The number of thiazole rings is 1. The number of halogens is 2. The molecule has 0 unspecified atom stereocenters. The van der Waals surface area contributed by atoms with Crippen molar-refractivity contribution in [2.75, 3.05) is 20.1 Å². The highest BCUT2D eigenvalue weighted by Crippen LogP contribution is 2.27. The summed E-state index contributed by atoms with van der Waals surface area (Å²) in [6, 6.07) is 9.80. The molecule has 0 fully saturated rings. The van der Waals surface area contributed by atoms with Crippen molar-refractivity contribution in [1.29, 1.82) is 0 Å². The minimum atomic E-state index is -0.0558. The van der Waals surface area contributed by atoms with Crippen LogP contribution in [-0.4, -0.2) is 31.0 Å². The van der Waals surface area contributed by atoms with Crippen LogP contribution < -0.4 is 10.6 Å². The van der Waals surface area contributed by atoms with Gasteiger partial charge in [-0.25, -0.2) is 4.98 Å². The Balaban J connectivity index is 0.00000200. The summed E-state index contributed by atoms with van der Waals surface area (Å²) in [7, 11) is 1.86. The molecular weight excluding hydrogens is 329 g/mol. The van der Waals surface area contributed by atoms with Gasteiger partial charge in [-0.1, -0.05) is 30.3 Å². The molecule has 0 saturated heterocycles. The Kier molecular flexibility index (Phi) is 9.21. The lowest BCUT2D eigenvalue weighted by Crippen LogP contribution is -2.30. The first kappa shape index (κ1) is 19.9. The number of hydrogen-bond acceptors (Lipinski definition) is 4. The minimum Gasteiger partial charge on any atom is -0.350 e. The summed E-state index contributed by atoms with van der Waals surface area (Å²) >= 11 is 1.43. The van der Waals surface area contributed by atoms with E-state index in [1.165, 1.54) is 11.3 Å². The van der Waals surface area contributed by atoms with Gasteiger partial charge in [-0.2, -0.15) is 0 Å². The zero-order valence-electron chi connectivity index (χ0n) is 11.9. The van der Waals surface area contributed by atoms with E-state index in [9.17, 15) is 4.79 Å². The maximum absolute atomic E-state index is 12.2. The van der Waals surface area contributed by atoms with Crippen LogP contribution in [-0.2, 0) is 0 Å². The topological polar surface area (TPSA) is 54.0 Å². The number of nitrogens with one attached hydrogen (secondary N) is 2. The van der Waals surface area contributed by atoms with E-state index in [-0.39, 0.29) is 30.7 Å². The van der Waals surface area contributed by atoms with Gasteiger partial charge in [0.15, 0.2) is 0 Å². The summed E-state index contributed by atoms with van der Waals surface area (Å²) in [5, 5.41) is 6.79. The first-order valence-corrected chi connectivity index (χ1v) is 6.99. The second-order valence-corrected chi connectivity index (χ2v) is 5.34. The van der Waals surface area contributed by atoms with Gasteiger partial charge in [0.1, 0.15) is 4.88 Å². The summed E-state index contributed by atoms with van der Waals surface area (Å²) in [4.78, 5) is 17.3. The average molecular weight is 348 g/mol. The Bertz CT molecular complexity index is 561. The molecule has 0 aliphatic rings. The number of rotatable bonds is 5. The van der Waals surface area contributed by atoms with Gasteiger partial charge in [-0.15, -0.1) is 36.2 Å². The SMILES string of the molecule is CNCCNC(=O)c1sc(C)nc1-c1ccccc1.Cl.Cl. The summed E-state index contributed by atoms with van der Waals surface area (Å²) in [5.74, 6) is -0.0558. The molecule has 0 bridgehead atoms. The molecule has 1 heterocycles. The molecule has 0 atom stereocenters. The van der Waals surface area contributed by atoms with Gasteiger partial charge in [0, 0.05) is 18.7 Å². The van der Waals surface area contributed by atoms with Crippen LogP contribution >= 0.6 is 36.2 Å². The zero-order chi connectivity index (χ0) is 13.7. The van der Waals surface area contributed by atoms with Gasteiger partial charge in [-0.05, 0) is 14.0 Å². The largest absolute Gasteiger partial charge is 0.350 e. The van der Waals surface area contributed by atoms with Gasteiger partial charge in [0.05, 0.1) is 10.7 Å². The predicted molar refractivity (Wildman–Crippen MR) is 93.0 cm³/mol. The van der Waals surface area contributed by atoms with Gasteiger partial charge in [0.25, 0.3) is 5.91 Å². The van der Waals surface area contributed by atoms with Gasteiger partial charge >= 0.3 is 0 Å². The van der Waals surface area contributed by atoms with Crippen molar-refractivity contribution in [1.82, 2.24) is 15.6 Å². The molecular formula is C14H19Cl2N3OS. The maximum atomic E-state index is 12.2. The second kappa shape index (κ2) is 9.73. The molecule has 2 aromatic rings. The van der Waals surface area contributed by atoms with E-state index in [4.69, 9.17) is 0 Å². The molecule has 1 aromatic carbocycles. The Morgan fingerprint density at radius 2 is 1.86 bits per heavy atom. The third kappa shape index (κ3) is 5.28. The number of hydrogen-bond donors (Lipinski definition) is 2. The fraction of sp³-hybridized carbons (Fsp3) is 0.286. The first-order valence-electron chi connectivity index (χ1n) is 6.18. The lowest BCUT2D eigenvalue weighted by molar-refractivity contribution is 0.0958. The van der Waals surface area contributed by atoms with E-state index < -0.39 is 0 Å². The molecule has 1 amide bonds. The van der Waals surface area contributed by atoms with Crippen molar-refractivity contribution < 1.29 is 4.79 Å². The number of amides is 1. The molecule has 21 heavy (non-hydrogen) atoms. The van der Waals surface area contributed by atoms with Crippen LogP contribution in [0.25, 0.3) is 11.3 Å². The van der Waals surface area contributed by atoms with Crippen LogP contribution in [0.5, 0.6) is 0 Å². The summed E-state index contributed by atoms with van der Waals surface area (Å²) in [6.45, 7) is 3.28. The van der Waals surface area contributed by atoms with Crippen molar-refractivity contribution >= 4 is 42.1 Å². The van der Waals surface area contributed by atoms with E-state index in [1.54, 1.807) is 0 Å². The van der Waals surface area contributed by atoms with Gasteiger partial charge < -0.3 is 10.6 Å². The minimum absolute atomic E-state index is 0.